The van der Waals surface area contributed by atoms with Crippen molar-refractivity contribution in [1.29, 1.82) is 0 Å². The summed E-state index contributed by atoms with van der Waals surface area (Å²) in [5.41, 5.74) is 1.51. The van der Waals surface area contributed by atoms with Crippen LogP contribution in [-0.2, 0) is 6.54 Å². The van der Waals surface area contributed by atoms with Crippen LogP contribution in [0.25, 0.3) is 5.69 Å². The number of nitrogens with zero attached hydrogens (tertiary/aromatic N) is 3. The third kappa shape index (κ3) is 4.96. The van der Waals surface area contributed by atoms with Gasteiger partial charge in [-0.1, -0.05) is 32.0 Å². The highest BCUT2D eigenvalue weighted by atomic mass is 16.5. The molecule has 2 aromatic carbocycles. The minimum atomic E-state index is -0.737. The zero-order chi connectivity index (χ0) is 23.4. The number of hydrogen-bond donors (Lipinski definition) is 1. The van der Waals surface area contributed by atoms with Crippen molar-refractivity contribution >= 4 is 5.91 Å². The molecule has 168 valence electrons. The number of aromatic nitrogens is 3. The molecule has 0 saturated heterocycles. The van der Waals surface area contributed by atoms with Crippen molar-refractivity contribution in [2.75, 3.05) is 13.7 Å². The lowest BCUT2D eigenvalue weighted by Crippen LogP contribution is -2.46. The fourth-order valence-electron chi connectivity index (χ4n) is 3.16. The Morgan fingerprint density at radius 2 is 1.84 bits per heavy atom. The van der Waals surface area contributed by atoms with Crippen LogP contribution in [0.15, 0.2) is 52.1 Å². The normalized spacial score (nSPS) is 10.9. The van der Waals surface area contributed by atoms with Crippen molar-refractivity contribution in [2.45, 2.75) is 34.2 Å². The SMILES string of the molecule is COc1cccc(Cn2c(=O)c(C(=O)NCC(C)C)nn(-c3ccc(C)c(C)c3)c2=O)c1. The van der Waals surface area contributed by atoms with Gasteiger partial charge in [-0.15, -0.1) is 0 Å². The van der Waals surface area contributed by atoms with Crippen LogP contribution in [0.1, 0.15) is 41.0 Å². The largest absolute Gasteiger partial charge is 0.497 e. The molecule has 0 bridgehead atoms. The highest BCUT2D eigenvalue weighted by Crippen LogP contribution is 2.14. The molecule has 1 amide bonds. The van der Waals surface area contributed by atoms with Crippen LogP contribution in [0.5, 0.6) is 5.75 Å². The van der Waals surface area contributed by atoms with E-state index in [1.54, 1.807) is 43.5 Å². The van der Waals surface area contributed by atoms with Gasteiger partial charge in [-0.2, -0.15) is 9.78 Å². The van der Waals surface area contributed by atoms with Gasteiger partial charge in [0.1, 0.15) is 5.75 Å². The molecule has 0 spiro atoms. The van der Waals surface area contributed by atoms with Crippen LogP contribution < -0.4 is 21.3 Å². The third-order valence-electron chi connectivity index (χ3n) is 5.16. The van der Waals surface area contributed by atoms with Crippen molar-refractivity contribution in [1.82, 2.24) is 19.7 Å². The lowest BCUT2D eigenvalue weighted by Gasteiger charge is -2.14. The molecule has 0 unspecified atom stereocenters. The summed E-state index contributed by atoms with van der Waals surface area (Å²) in [6.07, 6.45) is 0. The van der Waals surface area contributed by atoms with E-state index >= 15 is 0 Å². The quantitative estimate of drug-likeness (QED) is 0.614. The molecular weight excluding hydrogens is 408 g/mol. The molecule has 1 N–H and O–H groups in total. The van der Waals surface area contributed by atoms with Gasteiger partial charge >= 0.3 is 5.69 Å². The van der Waals surface area contributed by atoms with Gasteiger partial charge in [-0.25, -0.2) is 4.79 Å². The fourth-order valence-corrected chi connectivity index (χ4v) is 3.16. The summed E-state index contributed by atoms with van der Waals surface area (Å²) in [5, 5.41) is 6.88. The molecule has 8 heteroatoms. The zero-order valence-corrected chi connectivity index (χ0v) is 19.0. The van der Waals surface area contributed by atoms with Gasteiger partial charge in [-0.3, -0.25) is 14.2 Å². The lowest BCUT2D eigenvalue weighted by molar-refractivity contribution is 0.0939. The Bertz CT molecular complexity index is 1260. The van der Waals surface area contributed by atoms with Gasteiger partial charge in [0.25, 0.3) is 11.5 Å². The number of rotatable bonds is 7. The Hall–Kier alpha value is -3.68. The summed E-state index contributed by atoms with van der Waals surface area (Å²) in [7, 11) is 1.54. The Labute approximate surface area is 186 Å². The van der Waals surface area contributed by atoms with Crippen LogP contribution in [0.2, 0.25) is 0 Å². The highest BCUT2D eigenvalue weighted by Gasteiger charge is 2.21. The molecule has 3 aromatic rings. The highest BCUT2D eigenvalue weighted by molar-refractivity contribution is 5.91. The maximum atomic E-state index is 13.3. The first-order chi connectivity index (χ1) is 15.2. The summed E-state index contributed by atoms with van der Waals surface area (Å²) >= 11 is 0. The van der Waals surface area contributed by atoms with Gasteiger partial charge in [0.15, 0.2) is 0 Å². The Kier molecular flexibility index (Phi) is 6.92. The van der Waals surface area contributed by atoms with E-state index in [1.165, 1.54) is 0 Å². The van der Waals surface area contributed by atoms with E-state index < -0.39 is 17.2 Å². The maximum absolute atomic E-state index is 13.3. The summed E-state index contributed by atoms with van der Waals surface area (Å²) in [5.74, 6) is 0.193. The summed E-state index contributed by atoms with van der Waals surface area (Å²) < 4.78 is 7.38. The Morgan fingerprint density at radius 1 is 1.09 bits per heavy atom. The number of carbonyl (C=O) groups is 1. The molecule has 0 fully saturated rings. The first-order valence-electron chi connectivity index (χ1n) is 10.4. The number of aryl methyl sites for hydroxylation is 2. The van der Waals surface area contributed by atoms with E-state index in [0.29, 0.717) is 23.5 Å². The molecule has 1 aromatic heterocycles. The van der Waals surface area contributed by atoms with Crippen LogP contribution in [-0.4, -0.2) is 33.9 Å². The monoisotopic (exact) mass is 436 g/mol. The van der Waals surface area contributed by atoms with Crippen LogP contribution in [0, 0.1) is 19.8 Å². The van der Waals surface area contributed by atoms with Gasteiger partial charge in [0.2, 0.25) is 5.69 Å². The second kappa shape index (κ2) is 9.64. The second-order valence-corrected chi connectivity index (χ2v) is 8.16. The minimum Gasteiger partial charge on any atom is -0.497 e. The molecule has 1 heterocycles. The molecule has 0 atom stereocenters. The Morgan fingerprint density at radius 3 is 2.50 bits per heavy atom. The van der Waals surface area contributed by atoms with Gasteiger partial charge in [0.05, 0.1) is 19.3 Å². The van der Waals surface area contributed by atoms with E-state index in [9.17, 15) is 14.4 Å². The van der Waals surface area contributed by atoms with Crippen LogP contribution >= 0.6 is 0 Å². The number of hydrogen-bond acceptors (Lipinski definition) is 5. The number of nitrogens with one attached hydrogen (secondary N) is 1. The van der Waals surface area contributed by atoms with Crippen molar-refractivity contribution in [2.24, 2.45) is 5.92 Å². The predicted molar refractivity (Wildman–Crippen MR) is 123 cm³/mol. The molecule has 0 aliphatic heterocycles. The predicted octanol–water partition coefficient (Wildman–Crippen LogP) is 2.45. The van der Waals surface area contributed by atoms with E-state index in [0.717, 1.165) is 20.4 Å². The van der Waals surface area contributed by atoms with Crippen molar-refractivity contribution in [3.05, 3.63) is 85.7 Å². The number of benzene rings is 2. The molecular formula is C24H28N4O4. The fraction of sp³-hybridized carbons (Fsp3) is 0.333. The molecule has 0 aliphatic carbocycles. The zero-order valence-electron chi connectivity index (χ0n) is 19.0. The van der Waals surface area contributed by atoms with E-state index in [-0.39, 0.29) is 18.2 Å². The summed E-state index contributed by atoms with van der Waals surface area (Å²) in [6.45, 7) is 8.15. The first kappa shape index (κ1) is 23.0. The summed E-state index contributed by atoms with van der Waals surface area (Å²) in [6, 6.07) is 12.5. The molecule has 0 saturated carbocycles. The standard InChI is InChI=1S/C24H28N4O4/c1-15(2)13-25-22(29)21-23(30)27(14-18-7-6-8-20(12-18)32-5)24(31)28(26-21)19-10-9-16(3)17(4)11-19/h6-12,15H,13-14H2,1-5H3,(H,25,29). The topological polar surface area (TPSA) is 95.2 Å². The Balaban J connectivity index is 2.18. The molecule has 32 heavy (non-hydrogen) atoms. The minimum absolute atomic E-state index is 0.0211. The number of ether oxygens (including phenoxy) is 1. The van der Waals surface area contributed by atoms with E-state index in [2.05, 4.69) is 10.4 Å². The second-order valence-electron chi connectivity index (χ2n) is 8.16. The third-order valence-corrected chi connectivity index (χ3v) is 5.16. The van der Waals surface area contributed by atoms with Gasteiger partial charge in [0, 0.05) is 6.54 Å². The molecule has 3 rings (SSSR count). The van der Waals surface area contributed by atoms with Crippen LogP contribution in [0.3, 0.4) is 0 Å². The van der Waals surface area contributed by atoms with Crippen molar-refractivity contribution < 1.29 is 9.53 Å². The summed E-state index contributed by atoms with van der Waals surface area (Å²) in [4.78, 5) is 39.2. The van der Waals surface area contributed by atoms with E-state index in [1.807, 2.05) is 33.8 Å². The van der Waals surface area contributed by atoms with Crippen molar-refractivity contribution in [3.8, 4) is 11.4 Å². The molecule has 0 aliphatic rings. The van der Waals surface area contributed by atoms with Gasteiger partial charge < -0.3 is 10.1 Å². The average Bonchev–Trinajstić information content (AvgIpc) is 2.77. The number of amides is 1. The number of carbonyl (C=O) groups excluding carboxylic acids is 1. The average molecular weight is 437 g/mol. The number of methoxy groups -OCH3 is 1. The first-order valence-corrected chi connectivity index (χ1v) is 10.4. The van der Waals surface area contributed by atoms with Gasteiger partial charge in [-0.05, 0) is 60.7 Å². The van der Waals surface area contributed by atoms with Crippen molar-refractivity contribution in [3.63, 3.8) is 0 Å². The maximum Gasteiger partial charge on any atom is 0.352 e. The smallest absolute Gasteiger partial charge is 0.352 e. The molecule has 8 nitrogen and oxygen atoms in total. The van der Waals surface area contributed by atoms with E-state index in [4.69, 9.17) is 4.74 Å². The van der Waals surface area contributed by atoms with Crippen LogP contribution in [0.4, 0.5) is 0 Å². The lowest BCUT2D eigenvalue weighted by atomic mass is 10.1. The molecule has 0 radical (unpaired) electrons.